The largest absolute Gasteiger partial charge is 0.495 e. The van der Waals surface area contributed by atoms with Gasteiger partial charge in [0.15, 0.2) is 0 Å². The molecule has 17 heavy (non-hydrogen) atoms. The lowest BCUT2D eigenvalue weighted by Crippen LogP contribution is -2.08. The lowest BCUT2D eigenvalue weighted by atomic mass is 9.98. The van der Waals surface area contributed by atoms with Crippen LogP contribution in [0, 0.1) is 5.92 Å². The van der Waals surface area contributed by atoms with Gasteiger partial charge in [-0.05, 0) is 34.5 Å². The molecule has 0 saturated carbocycles. The first-order chi connectivity index (χ1) is 8.13. The molecule has 1 aromatic rings. The Morgan fingerprint density at radius 3 is 2.88 bits per heavy atom. The predicted octanol–water partition coefficient (Wildman–Crippen LogP) is 4.58. The maximum atomic E-state index is 6.09. The molecule has 0 aromatic heterocycles. The Bertz CT molecular complexity index is 406. The Morgan fingerprint density at radius 2 is 2.29 bits per heavy atom. The van der Waals surface area contributed by atoms with Crippen LogP contribution in [-0.2, 0) is 4.74 Å². The first-order valence-corrected chi connectivity index (χ1v) is 7.47. The van der Waals surface area contributed by atoms with Crippen LogP contribution in [0.3, 0.4) is 0 Å². The van der Waals surface area contributed by atoms with E-state index in [4.69, 9.17) is 21.1 Å². The summed E-state index contributed by atoms with van der Waals surface area (Å²) in [5.74, 6) is 1.30. The van der Waals surface area contributed by atoms with Crippen LogP contribution in [0.2, 0.25) is 5.02 Å². The van der Waals surface area contributed by atoms with Crippen LogP contribution in [0.25, 0.3) is 0 Å². The smallest absolute Gasteiger partial charge is 0.137 e. The van der Waals surface area contributed by atoms with E-state index in [1.807, 2.05) is 12.1 Å². The van der Waals surface area contributed by atoms with Crippen LogP contribution in [-0.4, -0.2) is 20.3 Å². The lowest BCUT2D eigenvalue weighted by molar-refractivity contribution is 0.185. The Morgan fingerprint density at radius 1 is 1.53 bits per heavy atom. The van der Waals surface area contributed by atoms with Gasteiger partial charge in [0.1, 0.15) is 5.75 Å². The van der Waals surface area contributed by atoms with Crippen LogP contribution >= 0.6 is 43.5 Å². The van der Waals surface area contributed by atoms with Crippen molar-refractivity contribution in [1.29, 1.82) is 0 Å². The van der Waals surface area contributed by atoms with E-state index in [-0.39, 0.29) is 4.83 Å². The summed E-state index contributed by atoms with van der Waals surface area (Å²) in [7, 11) is 1.67. The molecule has 2 rings (SSSR count). The summed E-state index contributed by atoms with van der Waals surface area (Å²) in [5, 5.41) is 0.705. The highest BCUT2D eigenvalue weighted by Crippen LogP contribution is 2.44. The highest BCUT2D eigenvalue weighted by Gasteiger charge is 2.28. The van der Waals surface area contributed by atoms with Gasteiger partial charge in [-0.2, -0.15) is 0 Å². The summed E-state index contributed by atoms with van der Waals surface area (Å²) in [5.41, 5.74) is 1.07. The maximum Gasteiger partial charge on any atom is 0.137 e. The topological polar surface area (TPSA) is 18.5 Å². The Hall–Kier alpha value is 0.230. The molecule has 5 heteroatoms. The second-order valence-electron chi connectivity index (χ2n) is 4.04. The van der Waals surface area contributed by atoms with Gasteiger partial charge in [0.05, 0.1) is 18.2 Å². The average molecular weight is 384 g/mol. The van der Waals surface area contributed by atoms with Crippen molar-refractivity contribution in [2.24, 2.45) is 5.92 Å². The molecule has 1 aliphatic heterocycles. The van der Waals surface area contributed by atoms with Crippen molar-refractivity contribution in [3.8, 4) is 5.75 Å². The lowest BCUT2D eigenvalue weighted by Gasteiger charge is -2.20. The van der Waals surface area contributed by atoms with Crippen LogP contribution in [0.1, 0.15) is 16.8 Å². The fourth-order valence-corrected chi connectivity index (χ4v) is 3.79. The standard InChI is InChI=1S/C12H13Br2ClO2/c1-16-12-9(4-8(15)5-10(12)13)11(14)7-2-3-17-6-7/h4-5,7,11H,2-3,6H2,1H3. The number of methoxy groups -OCH3 is 1. The van der Waals surface area contributed by atoms with Crippen LogP contribution in [0.5, 0.6) is 5.75 Å². The third-order valence-electron chi connectivity index (χ3n) is 2.92. The summed E-state index contributed by atoms with van der Waals surface area (Å²) in [6, 6.07) is 3.79. The van der Waals surface area contributed by atoms with Gasteiger partial charge in [-0.15, -0.1) is 0 Å². The van der Waals surface area contributed by atoms with E-state index in [1.54, 1.807) is 7.11 Å². The highest BCUT2D eigenvalue weighted by molar-refractivity contribution is 9.10. The van der Waals surface area contributed by atoms with Gasteiger partial charge in [0.2, 0.25) is 0 Å². The van der Waals surface area contributed by atoms with Crippen LogP contribution < -0.4 is 4.74 Å². The van der Waals surface area contributed by atoms with E-state index in [2.05, 4.69) is 31.9 Å². The second kappa shape index (κ2) is 5.91. The summed E-state index contributed by atoms with van der Waals surface area (Å²) >= 11 is 13.3. The first-order valence-electron chi connectivity index (χ1n) is 5.38. The third-order valence-corrected chi connectivity index (χ3v) is 4.97. The van der Waals surface area contributed by atoms with E-state index in [1.165, 1.54) is 0 Å². The van der Waals surface area contributed by atoms with E-state index < -0.39 is 0 Å². The summed E-state index contributed by atoms with van der Waals surface area (Å²) in [6.45, 7) is 1.61. The van der Waals surface area contributed by atoms with Gasteiger partial charge in [0.25, 0.3) is 0 Å². The minimum absolute atomic E-state index is 0.204. The number of alkyl halides is 1. The molecule has 1 heterocycles. The molecular weight excluding hydrogens is 371 g/mol. The van der Waals surface area contributed by atoms with Gasteiger partial charge in [0, 0.05) is 27.9 Å². The molecule has 2 nitrogen and oxygen atoms in total. The van der Waals surface area contributed by atoms with Crippen LogP contribution in [0.15, 0.2) is 16.6 Å². The van der Waals surface area contributed by atoms with Crippen molar-refractivity contribution in [2.75, 3.05) is 20.3 Å². The zero-order chi connectivity index (χ0) is 12.4. The quantitative estimate of drug-likeness (QED) is 0.710. The molecule has 0 aliphatic carbocycles. The van der Waals surface area contributed by atoms with E-state index in [0.29, 0.717) is 10.9 Å². The molecule has 1 fully saturated rings. The summed E-state index contributed by atoms with van der Waals surface area (Å²) in [4.78, 5) is 0.204. The average Bonchev–Trinajstić information content (AvgIpc) is 2.80. The van der Waals surface area contributed by atoms with Gasteiger partial charge in [-0.3, -0.25) is 0 Å². The molecule has 2 atom stereocenters. The van der Waals surface area contributed by atoms with Gasteiger partial charge in [-0.25, -0.2) is 0 Å². The molecule has 1 aromatic carbocycles. The molecule has 0 radical (unpaired) electrons. The minimum atomic E-state index is 0.204. The normalized spacial score (nSPS) is 21.5. The number of ether oxygens (including phenoxy) is 2. The molecule has 0 spiro atoms. The predicted molar refractivity (Wildman–Crippen MR) is 76.3 cm³/mol. The molecule has 0 amide bonds. The minimum Gasteiger partial charge on any atom is -0.495 e. The van der Waals surface area contributed by atoms with Crippen molar-refractivity contribution in [3.05, 3.63) is 27.2 Å². The fourth-order valence-electron chi connectivity index (χ4n) is 2.04. The molecule has 94 valence electrons. The number of hydrogen-bond acceptors (Lipinski definition) is 2. The fraction of sp³-hybridized carbons (Fsp3) is 0.500. The van der Waals surface area contributed by atoms with Crippen molar-refractivity contribution in [2.45, 2.75) is 11.2 Å². The van der Waals surface area contributed by atoms with Crippen molar-refractivity contribution >= 4 is 43.5 Å². The van der Waals surface area contributed by atoms with Gasteiger partial charge in [-0.1, -0.05) is 27.5 Å². The highest BCUT2D eigenvalue weighted by atomic mass is 79.9. The molecular formula is C12H13Br2ClO2. The summed E-state index contributed by atoms with van der Waals surface area (Å²) in [6.07, 6.45) is 1.06. The second-order valence-corrected chi connectivity index (χ2v) is 6.31. The van der Waals surface area contributed by atoms with Crippen LogP contribution in [0.4, 0.5) is 0 Å². The Labute approximate surface area is 123 Å². The maximum absolute atomic E-state index is 6.09. The van der Waals surface area contributed by atoms with Crippen molar-refractivity contribution in [1.82, 2.24) is 0 Å². The van der Waals surface area contributed by atoms with Crippen molar-refractivity contribution < 1.29 is 9.47 Å². The SMILES string of the molecule is COc1c(Br)cc(Cl)cc1C(Br)C1CCOC1. The van der Waals surface area contributed by atoms with Gasteiger partial charge < -0.3 is 9.47 Å². The summed E-state index contributed by atoms with van der Waals surface area (Å²) < 4.78 is 11.7. The Kier molecular flexibility index (Phi) is 4.75. The van der Waals surface area contributed by atoms with E-state index in [0.717, 1.165) is 35.4 Å². The zero-order valence-electron chi connectivity index (χ0n) is 9.38. The number of hydrogen-bond donors (Lipinski definition) is 0. The third kappa shape index (κ3) is 2.98. The van der Waals surface area contributed by atoms with E-state index >= 15 is 0 Å². The molecule has 0 N–H and O–H groups in total. The molecule has 1 aliphatic rings. The molecule has 0 bridgehead atoms. The zero-order valence-corrected chi connectivity index (χ0v) is 13.3. The van der Waals surface area contributed by atoms with Gasteiger partial charge >= 0.3 is 0 Å². The number of halogens is 3. The first kappa shape index (κ1) is 13.7. The monoisotopic (exact) mass is 382 g/mol. The molecule has 1 saturated heterocycles. The van der Waals surface area contributed by atoms with E-state index in [9.17, 15) is 0 Å². The van der Waals surface area contributed by atoms with Crippen molar-refractivity contribution in [3.63, 3.8) is 0 Å². The Balaban J connectivity index is 2.35. The molecule has 2 unspecified atom stereocenters. The number of rotatable bonds is 3. The number of benzene rings is 1.